The van der Waals surface area contributed by atoms with Gasteiger partial charge in [0.15, 0.2) is 11.6 Å². The number of carbonyl (C=O) groups is 3. The first-order chi connectivity index (χ1) is 16.8. The molecule has 186 valence electrons. The normalized spacial score (nSPS) is 19.6. The zero-order chi connectivity index (χ0) is 24.9. The number of carbonyl (C=O) groups excluding carboxylic acids is 2. The highest BCUT2D eigenvalue weighted by Gasteiger charge is 2.28. The van der Waals surface area contributed by atoms with E-state index in [1.54, 1.807) is 12.1 Å². The zero-order valence-corrected chi connectivity index (χ0v) is 19.9. The number of hydrogen-bond donors (Lipinski definition) is 3. The van der Waals surface area contributed by atoms with Crippen molar-refractivity contribution in [2.45, 2.75) is 50.5 Å². The lowest BCUT2D eigenvalue weighted by Gasteiger charge is -2.27. The van der Waals surface area contributed by atoms with E-state index in [-0.39, 0.29) is 42.3 Å². The van der Waals surface area contributed by atoms with Crippen LogP contribution in [-0.4, -0.2) is 42.1 Å². The predicted octanol–water partition coefficient (Wildman–Crippen LogP) is 4.54. The van der Waals surface area contributed by atoms with Crippen molar-refractivity contribution in [1.29, 1.82) is 0 Å². The van der Waals surface area contributed by atoms with Crippen LogP contribution in [0.5, 0.6) is 5.75 Å². The number of hydrogen-bond acceptors (Lipinski definition) is 4. The van der Waals surface area contributed by atoms with Gasteiger partial charge in [-0.05, 0) is 80.3 Å². The van der Waals surface area contributed by atoms with E-state index < -0.39 is 17.7 Å². The molecule has 2 saturated carbocycles. The van der Waals surface area contributed by atoms with Crippen LogP contribution < -0.4 is 15.4 Å². The molecule has 3 N–H and O–H groups in total. The first-order valence-corrected chi connectivity index (χ1v) is 12.2. The van der Waals surface area contributed by atoms with Crippen LogP contribution in [0.15, 0.2) is 36.4 Å². The standard InChI is InChI=1S/C26H28ClFN2O5/c27-21-13-17(5-9-20(21)15-1-2-15)24(31)29-11-12-30-25(32)18-6-10-23(22(28)14-18)35-19-7-3-16(4-8-19)26(33)34/h5-6,9-10,13-16,19H,1-4,7-8,11-12H2,(H,29,31)(H,30,32)(H,33,34). The minimum Gasteiger partial charge on any atom is -0.487 e. The van der Waals surface area contributed by atoms with Crippen LogP contribution in [0.3, 0.4) is 0 Å². The van der Waals surface area contributed by atoms with Crippen LogP contribution in [-0.2, 0) is 4.79 Å². The number of halogens is 2. The molecular weight excluding hydrogens is 475 g/mol. The summed E-state index contributed by atoms with van der Waals surface area (Å²) in [6, 6.07) is 9.28. The molecule has 0 spiro atoms. The number of nitrogens with one attached hydrogen (secondary N) is 2. The minimum absolute atomic E-state index is 0.0407. The van der Waals surface area contributed by atoms with E-state index in [2.05, 4.69) is 10.6 Å². The SMILES string of the molecule is O=C(NCCNC(=O)c1ccc(C2CC2)c(Cl)c1)c1ccc(OC2CCC(C(=O)O)CC2)c(F)c1. The number of rotatable bonds is 9. The van der Waals surface area contributed by atoms with Crippen molar-refractivity contribution in [2.75, 3.05) is 13.1 Å². The Labute approximate surface area is 208 Å². The average molecular weight is 503 g/mol. The monoisotopic (exact) mass is 502 g/mol. The number of carboxylic acid groups (broad SMARTS) is 1. The van der Waals surface area contributed by atoms with Gasteiger partial charge < -0.3 is 20.5 Å². The lowest BCUT2D eigenvalue weighted by atomic mass is 9.87. The Balaban J connectivity index is 1.21. The third kappa shape index (κ3) is 6.51. The molecule has 0 saturated heterocycles. The van der Waals surface area contributed by atoms with E-state index in [1.807, 2.05) is 6.07 Å². The molecule has 9 heteroatoms. The smallest absolute Gasteiger partial charge is 0.306 e. The molecule has 0 heterocycles. The van der Waals surface area contributed by atoms with Crippen molar-refractivity contribution < 1.29 is 28.6 Å². The summed E-state index contributed by atoms with van der Waals surface area (Å²) in [6.07, 6.45) is 4.08. The van der Waals surface area contributed by atoms with Gasteiger partial charge in [0, 0.05) is 29.2 Å². The summed E-state index contributed by atoms with van der Waals surface area (Å²) in [5.74, 6) is -2.05. The Bertz CT molecular complexity index is 1110. The van der Waals surface area contributed by atoms with Crippen LogP contribution >= 0.6 is 11.6 Å². The molecule has 2 aromatic carbocycles. The Morgan fingerprint density at radius 3 is 2.06 bits per heavy atom. The molecule has 7 nitrogen and oxygen atoms in total. The van der Waals surface area contributed by atoms with Crippen molar-refractivity contribution >= 4 is 29.4 Å². The highest BCUT2D eigenvalue weighted by Crippen LogP contribution is 2.43. The Morgan fingerprint density at radius 1 is 0.914 bits per heavy atom. The van der Waals surface area contributed by atoms with Gasteiger partial charge in [0.2, 0.25) is 0 Å². The number of amides is 2. The fraction of sp³-hybridized carbons (Fsp3) is 0.423. The van der Waals surface area contributed by atoms with Crippen LogP contribution in [0, 0.1) is 11.7 Å². The van der Waals surface area contributed by atoms with E-state index in [1.165, 1.54) is 12.1 Å². The van der Waals surface area contributed by atoms with E-state index in [0.29, 0.717) is 42.2 Å². The fourth-order valence-electron chi connectivity index (χ4n) is 4.29. The summed E-state index contributed by atoms with van der Waals surface area (Å²) in [5.41, 5.74) is 1.67. The number of benzene rings is 2. The van der Waals surface area contributed by atoms with Gasteiger partial charge in [-0.15, -0.1) is 0 Å². The van der Waals surface area contributed by atoms with E-state index in [0.717, 1.165) is 24.5 Å². The van der Waals surface area contributed by atoms with Crippen LogP contribution in [0.4, 0.5) is 4.39 Å². The van der Waals surface area contributed by atoms with Gasteiger partial charge in [-0.25, -0.2) is 4.39 Å². The number of aliphatic carboxylic acids is 1. The molecule has 35 heavy (non-hydrogen) atoms. The molecule has 2 aliphatic rings. The summed E-state index contributed by atoms with van der Waals surface area (Å²) < 4.78 is 20.2. The summed E-state index contributed by atoms with van der Waals surface area (Å²) in [6.45, 7) is 0.375. The van der Waals surface area contributed by atoms with Gasteiger partial charge in [0.05, 0.1) is 12.0 Å². The van der Waals surface area contributed by atoms with E-state index >= 15 is 0 Å². The second-order valence-corrected chi connectivity index (χ2v) is 9.50. The van der Waals surface area contributed by atoms with Gasteiger partial charge >= 0.3 is 5.97 Å². The van der Waals surface area contributed by atoms with Gasteiger partial charge in [0.25, 0.3) is 11.8 Å². The largest absolute Gasteiger partial charge is 0.487 e. The molecular formula is C26H28ClFN2O5. The van der Waals surface area contributed by atoms with Crippen molar-refractivity contribution in [3.63, 3.8) is 0 Å². The molecule has 2 aromatic rings. The van der Waals surface area contributed by atoms with Crippen molar-refractivity contribution in [3.8, 4) is 5.75 Å². The molecule has 2 aliphatic carbocycles. The van der Waals surface area contributed by atoms with Crippen LogP contribution in [0.2, 0.25) is 5.02 Å². The highest BCUT2D eigenvalue weighted by atomic mass is 35.5. The summed E-state index contributed by atoms with van der Waals surface area (Å²) in [5, 5.41) is 15.0. The average Bonchev–Trinajstić information content (AvgIpc) is 3.68. The Hall–Kier alpha value is -3.13. The first kappa shape index (κ1) is 25.0. The maximum Gasteiger partial charge on any atom is 0.306 e. The lowest BCUT2D eigenvalue weighted by molar-refractivity contribution is -0.143. The summed E-state index contributed by atoms with van der Waals surface area (Å²) in [4.78, 5) is 35.7. The maximum atomic E-state index is 14.5. The molecule has 0 aromatic heterocycles. The molecule has 0 atom stereocenters. The minimum atomic E-state index is -0.809. The molecule has 2 amide bonds. The number of ether oxygens (including phenoxy) is 1. The Kier molecular flexibility index (Phi) is 7.90. The second-order valence-electron chi connectivity index (χ2n) is 9.10. The van der Waals surface area contributed by atoms with E-state index in [9.17, 15) is 18.8 Å². The van der Waals surface area contributed by atoms with Crippen LogP contribution in [0.1, 0.15) is 70.7 Å². The van der Waals surface area contributed by atoms with Gasteiger partial charge in [-0.1, -0.05) is 17.7 Å². The first-order valence-electron chi connectivity index (χ1n) is 11.9. The summed E-state index contributed by atoms with van der Waals surface area (Å²) >= 11 is 6.28. The fourth-order valence-corrected chi connectivity index (χ4v) is 4.63. The highest BCUT2D eigenvalue weighted by molar-refractivity contribution is 6.31. The van der Waals surface area contributed by atoms with Crippen molar-refractivity contribution in [2.24, 2.45) is 5.92 Å². The topological polar surface area (TPSA) is 105 Å². The van der Waals surface area contributed by atoms with Gasteiger partial charge in [-0.3, -0.25) is 14.4 Å². The van der Waals surface area contributed by atoms with Crippen molar-refractivity contribution in [3.05, 3.63) is 63.9 Å². The molecule has 4 rings (SSSR count). The zero-order valence-electron chi connectivity index (χ0n) is 19.2. The predicted molar refractivity (Wildman–Crippen MR) is 129 cm³/mol. The van der Waals surface area contributed by atoms with Gasteiger partial charge in [0.1, 0.15) is 0 Å². The molecule has 2 fully saturated rings. The van der Waals surface area contributed by atoms with Crippen LogP contribution in [0.25, 0.3) is 0 Å². The quantitative estimate of drug-likeness (QED) is 0.437. The Morgan fingerprint density at radius 2 is 1.51 bits per heavy atom. The van der Waals surface area contributed by atoms with E-state index in [4.69, 9.17) is 21.4 Å². The van der Waals surface area contributed by atoms with Crippen molar-refractivity contribution in [1.82, 2.24) is 10.6 Å². The third-order valence-corrected chi connectivity index (χ3v) is 6.81. The molecule has 0 bridgehead atoms. The second kappa shape index (κ2) is 11.1. The number of carboxylic acids is 1. The summed E-state index contributed by atoms with van der Waals surface area (Å²) in [7, 11) is 0. The third-order valence-electron chi connectivity index (χ3n) is 6.49. The van der Waals surface area contributed by atoms with Gasteiger partial charge in [-0.2, -0.15) is 0 Å². The molecule has 0 unspecified atom stereocenters. The molecule has 0 aliphatic heterocycles. The lowest BCUT2D eigenvalue weighted by Crippen LogP contribution is -2.34. The molecule has 0 radical (unpaired) electrons. The maximum absolute atomic E-state index is 14.5.